The Morgan fingerprint density at radius 1 is 1.38 bits per heavy atom. The lowest BCUT2D eigenvalue weighted by molar-refractivity contribution is -0.126. The fourth-order valence-corrected chi connectivity index (χ4v) is 2.61. The second kappa shape index (κ2) is 12.8. The lowest BCUT2D eigenvalue weighted by Crippen LogP contribution is -2.56. The molecule has 24 heavy (non-hydrogen) atoms. The van der Waals surface area contributed by atoms with E-state index in [1.165, 1.54) is 6.20 Å². The minimum absolute atomic E-state index is 0.0300. The van der Waals surface area contributed by atoms with Crippen molar-refractivity contribution in [1.82, 2.24) is 21.3 Å². The molecule has 0 aliphatic carbocycles. The molecule has 0 radical (unpaired) electrons. The molecule has 0 bridgehead atoms. The number of hydrogen-bond donors (Lipinski definition) is 5. The molecule has 0 saturated heterocycles. The summed E-state index contributed by atoms with van der Waals surface area (Å²) in [5, 5.41) is 21.3. The first-order valence-electron chi connectivity index (χ1n) is 8.60. The van der Waals surface area contributed by atoms with Gasteiger partial charge in [0.15, 0.2) is 0 Å². The summed E-state index contributed by atoms with van der Waals surface area (Å²) in [6.07, 6.45) is 1.87. The maximum Gasteiger partial charge on any atom is 0.228 e. The Morgan fingerprint density at radius 2 is 2.04 bits per heavy atom. The van der Waals surface area contributed by atoms with Crippen LogP contribution < -0.4 is 27.0 Å². The van der Waals surface area contributed by atoms with Gasteiger partial charge in [0.05, 0.1) is 18.2 Å². The van der Waals surface area contributed by atoms with Crippen molar-refractivity contribution in [3.05, 3.63) is 12.8 Å². The van der Waals surface area contributed by atoms with E-state index in [2.05, 4.69) is 40.8 Å². The van der Waals surface area contributed by atoms with E-state index in [0.717, 1.165) is 6.42 Å². The third kappa shape index (κ3) is 7.77. The lowest BCUT2D eigenvalue weighted by atomic mass is 9.91. The number of carbonyl (C=O) groups is 1. The summed E-state index contributed by atoms with van der Waals surface area (Å²) in [7, 11) is 1.83. The third-order valence-corrected chi connectivity index (χ3v) is 4.35. The largest absolute Gasteiger partial charge is 0.376 e. The molecule has 5 unspecified atom stereocenters. The van der Waals surface area contributed by atoms with E-state index >= 15 is 0 Å². The number of nitrogens with one attached hydrogen (secondary N) is 4. The van der Waals surface area contributed by atoms with Crippen molar-refractivity contribution in [3.8, 4) is 6.07 Å². The van der Waals surface area contributed by atoms with Gasteiger partial charge in [-0.15, -0.1) is 0 Å². The zero-order valence-corrected chi connectivity index (χ0v) is 15.4. The van der Waals surface area contributed by atoms with E-state index in [0.29, 0.717) is 19.6 Å². The highest BCUT2D eigenvalue weighted by Gasteiger charge is 2.31. The summed E-state index contributed by atoms with van der Waals surface area (Å²) in [6, 6.07) is 2.16. The highest BCUT2D eigenvalue weighted by Crippen LogP contribution is 2.15. The third-order valence-electron chi connectivity index (χ3n) is 4.35. The Bertz CT molecular complexity index is 408. The average molecular weight is 339 g/mol. The summed E-state index contributed by atoms with van der Waals surface area (Å²) in [4.78, 5) is 12.5. The fraction of sp³-hybridized carbons (Fsp3) is 0.765. The molecule has 0 aromatic carbocycles. The van der Waals surface area contributed by atoms with E-state index in [-0.39, 0.29) is 23.8 Å². The van der Waals surface area contributed by atoms with Crippen molar-refractivity contribution in [2.45, 2.75) is 39.4 Å². The van der Waals surface area contributed by atoms with Gasteiger partial charge in [0.2, 0.25) is 5.91 Å². The van der Waals surface area contributed by atoms with E-state index in [4.69, 9.17) is 11.0 Å². The lowest BCUT2D eigenvalue weighted by Gasteiger charge is -2.30. The van der Waals surface area contributed by atoms with Crippen LogP contribution in [0.15, 0.2) is 12.8 Å². The number of likely N-dealkylation sites (N-methyl/N-ethyl adjacent to an activating group) is 1. The van der Waals surface area contributed by atoms with Gasteiger partial charge < -0.3 is 27.0 Å². The van der Waals surface area contributed by atoms with Gasteiger partial charge in [-0.1, -0.05) is 19.9 Å². The Hall–Kier alpha value is -1.62. The molecule has 0 aromatic rings. The van der Waals surface area contributed by atoms with Gasteiger partial charge >= 0.3 is 0 Å². The number of nitrogens with zero attached hydrogens (tertiary/aromatic N) is 1. The molecule has 0 rings (SSSR count). The predicted octanol–water partition coefficient (Wildman–Crippen LogP) is 0.120. The molecular weight excluding hydrogens is 304 g/mol. The van der Waals surface area contributed by atoms with Gasteiger partial charge in [-0.3, -0.25) is 4.79 Å². The Labute approximate surface area is 146 Å². The standard InChI is InChI=1S/C17H34N6O/c1-6-14(12(3)10-18)11-23-13(4)15(16(19)21-7-2)17(24)22-9-8-20-5/h7,12-16,20-21,23H,2,6,8-9,11,19H2,1,3-5H3,(H,22,24). The topological polar surface area (TPSA) is 115 Å². The average Bonchev–Trinajstić information content (AvgIpc) is 2.55. The summed E-state index contributed by atoms with van der Waals surface area (Å²) in [5.41, 5.74) is 6.11. The highest BCUT2D eigenvalue weighted by atomic mass is 16.2. The van der Waals surface area contributed by atoms with Gasteiger partial charge in [0, 0.05) is 25.0 Å². The van der Waals surface area contributed by atoms with Crippen molar-refractivity contribution >= 4 is 5.91 Å². The second-order valence-corrected chi connectivity index (χ2v) is 6.10. The summed E-state index contributed by atoms with van der Waals surface area (Å²) in [6.45, 7) is 11.5. The summed E-state index contributed by atoms with van der Waals surface area (Å²) in [5.74, 6) is -0.338. The number of nitrogens with two attached hydrogens (primary N) is 1. The molecule has 1 amide bonds. The van der Waals surface area contributed by atoms with Gasteiger partial charge in [0.25, 0.3) is 0 Å². The second-order valence-electron chi connectivity index (χ2n) is 6.10. The number of rotatable bonds is 13. The molecule has 0 aromatic heterocycles. The minimum atomic E-state index is -0.534. The minimum Gasteiger partial charge on any atom is -0.376 e. The molecule has 0 aliphatic rings. The highest BCUT2D eigenvalue weighted by molar-refractivity contribution is 5.80. The zero-order chi connectivity index (χ0) is 18.5. The SMILES string of the molecule is C=CNC(N)C(C(=O)NCCNC)C(C)NCC(CC)C(C)C#N. The van der Waals surface area contributed by atoms with Gasteiger partial charge in [0.1, 0.15) is 0 Å². The first-order chi connectivity index (χ1) is 11.4. The first-order valence-corrected chi connectivity index (χ1v) is 8.60. The predicted molar refractivity (Wildman–Crippen MR) is 97.8 cm³/mol. The molecule has 6 N–H and O–H groups in total. The van der Waals surface area contributed by atoms with Crippen LogP contribution in [0, 0.1) is 29.1 Å². The van der Waals surface area contributed by atoms with Crippen molar-refractivity contribution in [1.29, 1.82) is 5.26 Å². The van der Waals surface area contributed by atoms with Gasteiger partial charge in [-0.2, -0.15) is 5.26 Å². The van der Waals surface area contributed by atoms with Crippen LogP contribution in [0.4, 0.5) is 0 Å². The van der Waals surface area contributed by atoms with Crippen LogP contribution >= 0.6 is 0 Å². The molecule has 5 atom stereocenters. The number of hydrogen-bond acceptors (Lipinski definition) is 6. The van der Waals surface area contributed by atoms with Crippen LogP contribution in [0.25, 0.3) is 0 Å². The number of nitriles is 1. The maximum absolute atomic E-state index is 12.5. The summed E-state index contributed by atoms with van der Waals surface area (Å²) < 4.78 is 0. The van der Waals surface area contributed by atoms with Crippen LogP contribution in [0.5, 0.6) is 0 Å². The molecule has 0 spiro atoms. The molecule has 7 heteroatoms. The molecular formula is C17H34N6O. The molecule has 7 nitrogen and oxygen atoms in total. The van der Waals surface area contributed by atoms with E-state index < -0.39 is 12.1 Å². The van der Waals surface area contributed by atoms with E-state index in [1.54, 1.807) is 0 Å². The van der Waals surface area contributed by atoms with Crippen LogP contribution in [-0.2, 0) is 4.79 Å². The fourth-order valence-electron chi connectivity index (χ4n) is 2.61. The van der Waals surface area contributed by atoms with Crippen molar-refractivity contribution in [2.24, 2.45) is 23.5 Å². The van der Waals surface area contributed by atoms with E-state index in [1.807, 2.05) is 20.9 Å². The summed E-state index contributed by atoms with van der Waals surface area (Å²) >= 11 is 0. The molecule has 0 fully saturated rings. The maximum atomic E-state index is 12.5. The molecule has 0 aliphatic heterocycles. The quantitative estimate of drug-likeness (QED) is 0.241. The Morgan fingerprint density at radius 3 is 2.54 bits per heavy atom. The van der Waals surface area contributed by atoms with E-state index in [9.17, 15) is 4.79 Å². The number of amides is 1. The monoisotopic (exact) mass is 338 g/mol. The Kier molecular flexibility index (Phi) is 11.9. The van der Waals surface area contributed by atoms with Crippen molar-refractivity contribution < 1.29 is 4.79 Å². The van der Waals surface area contributed by atoms with Gasteiger partial charge in [-0.05, 0) is 39.6 Å². The van der Waals surface area contributed by atoms with Crippen molar-refractivity contribution in [2.75, 3.05) is 26.7 Å². The van der Waals surface area contributed by atoms with Crippen molar-refractivity contribution in [3.63, 3.8) is 0 Å². The molecule has 0 saturated carbocycles. The van der Waals surface area contributed by atoms with Crippen LogP contribution in [0.1, 0.15) is 27.2 Å². The smallest absolute Gasteiger partial charge is 0.228 e. The Balaban J connectivity index is 4.84. The normalized spacial score (nSPS) is 17.0. The molecule has 0 heterocycles. The van der Waals surface area contributed by atoms with Crippen LogP contribution in [-0.4, -0.2) is 44.8 Å². The van der Waals surface area contributed by atoms with Crippen LogP contribution in [0.2, 0.25) is 0 Å². The van der Waals surface area contributed by atoms with Gasteiger partial charge in [-0.25, -0.2) is 0 Å². The van der Waals surface area contributed by atoms with Crippen LogP contribution in [0.3, 0.4) is 0 Å². The molecule has 138 valence electrons. The number of carbonyl (C=O) groups excluding carboxylic acids is 1. The first kappa shape index (κ1) is 22.4. The zero-order valence-electron chi connectivity index (χ0n) is 15.4.